The number of carbonyl (C=O) groups excluding carboxylic acids is 2. The summed E-state index contributed by atoms with van der Waals surface area (Å²) in [5, 5.41) is 8.34. The van der Waals surface area contributed by atoms with Gasteiger partial charge in [-0.05, 0) is 47.7 Å². The lowest BCUT2D eigenvalue weighted by Crippen LogP contribution is -2.18. The predicted octanol–water partition coefficient (Wildman–Crippen LogP) is 5.49. The minimum absolute atomic E-state index is 0.0882. The van der Waals surface area contributed by atoms with Crippen molar-refractivity contribution in [3.05, 3.63) is 82.2 Å². The summed E-state index contributed by atoms with van der Waals surface area (Å²) >= 11 is 1.52. The van der Waals surface area contributed by atoms with Crippen LogP contribution < -0.4 is 10.6 Å². The molecular formula is C23H20N2O3S. The average molecular weight is 404 g/mol. The van der Waals surface area contributed by atoms with Gasteiger partial charge in [-0.3, -0.25) is 9.59 Å². The number of hydrogen-bond donors (Lipinski definition) is 2. The molecule has 29 heavy (non-hydrogen) atoms. The molecule has 0 atom stereocenters. The third kappa shape index (κ3) is 4.22. The fourth-order valence-corrected chi connectivity index (χ4v) is 3.80. The quantitative estimate of drug-likeness (QED) is 0.446. The summed E-state index contributed by atoms with van der Waals surface area (Å²) in [5.74, 6) is -0.512. The van der Waals surface area contributed by atoms with Crippen molar-refractivity contribution < 1.29 is 14.0 Å². The normalized spacial score (nSPS) is 10.8. The van der Waals surface area contributed by atoms with Gasteiger partial charge in [0.05, 0.1) is 6.42 Å². The van der Waals surface area contributed by atoms with E-state index in [0.29, 0.717) is 22.3 Å². The molecular weight excluding hydrogens is 384 g/mol. The molecule has 0 radical (unpaired) electrons. The molecule has 2 aromatic heterocycles. The highest BCUT2D eigenvalue weighted by molar-refractivity contribution is 7.10. The van der Waals surface area contributed by atoms with E-state index in [1.165, 1.54) is 16.9 Å². The highest BCUT2D eigenvalue weighted by Crippen LogP contribution is 2.31. The zero-order valence-corrected chi connectivity index (χ0v) is 16.7. The number of rotatable bonds is 6. The van der Waals surface area contributed by atoms with Crippen molar-refractivity contribution in [2.45, 2.75) is 19.8 Å². The number of aryl methyl sites for hydroxylation is 1. The summed E-state index contributed by atoms with van der Waals surface area (Å²) in [6, 6.07) is 18.7. The summed E-state index contributed by atoms with van der Waals surface area (Å²) in [7, 11) is 0. The Balaban J connectivity index is 1.61. The van der Waals surface area contributed by atoms with Gasteiger partial charge in [-0.2, -0.15) is 0 Å². The number of carbonyl (C=O) groups is 2. The van der Waals surface area contributed by atoms with Crippen molar-refractivity contribution in [1.82, 2.24) is 0 Å². The first-order chi connectivity index (χ1) is 14.1. The minimum atomic E-state index is -0.406. The second kappa shape index (κ2) is 8.32. The van der Waals surface area contributed by atoms with Gasteiger partial charge in [-0.15, -0.1) is 11.3 Å². The Morgan fingerprint density at radius 1 is 0.966 bits per heavy atom. The Labute approximate surface area is 172 Å². The fraction of sp³-hybridized carbons (Fsp3) is 0.130. The van der Waals surface area contributed by atoms with Gasteiger partial charge in [0.15, 0.2) is 0 Å². The van der Waals surface area contributed by atoms with Crippen LogP contribution in [0.2, 0.25) is 0 Å². The molecule has 0 aliphatic carbocycles. The molecule has 0 bridgehead atoms. The van der Waals surface area contributed by atoms with Crippen molar-refractivity contribution in [1.29, 1.82) is 0 Å². The number of amides is 2. The first-order valence-electron chi connectivity index (χ1n) is 9.38. The molecule has 0 saturated carbocycles. The molecule has 5 nitrogen and oxygen atoms in total. The van der Waals surface area contributed by atoms with Gasteiger partial charge in [-0.25, -0.2) is 0 Å². The molecule has 0 aliphatic rings. The fourth-order valence-electron chi connectivity index (χ4n) is 3.10. The molecule has 2 amide bonds. The Morgan fingerprint density at radius 3 is 2.48 bits per heavy atom. The van der Waals surface area contributed by atoms with E-state index in [1.54, 1.807) is 6.07 Å². The average Bonchev–Trinajstić information content (AvgIpc) is 3.37. The van der Waals surface area contributed by atoms with E-state index < -0.39 is 5.91 Å². The standard InChI is InChI=1S/C23H20N2O3S/c1-2-15-9-11-16(12-10-15)24-23(27)22-21(18-7-3-4-8-19(18)28-22)25-20(26)14-17-6-5-13-29-17/h3-13H,2,14H2,1H3,(H,24,27)(H,25,26). The number of anilines is 2. The highest BCUT2D eigenvalue weighted by Gasteiger charge is 2.22. The van der Waals surface area contributed by atoms with Crippen LogP contribution in [0, 0.1) is 0 Å². The second-order valence-corrected chi connectivity index (χ2v) is 7.64. The van der Waals surface area contributed by atoms with Gasteiger partial charge in [0.2, 0.25) is 11.7 Å². The minimum Gasteiger partial charge on any atom is -0.449 e. The third-order valence-electron chi connectivity index (χ3n) is 4.60. The number of fused-ring (bicyclic) bond motifs is 1. The number of thiophene rings is 1. The van der Waals surface area contributed by atoms with Crippen LogP contribution in [0.3, 0.4) is 0 Å². The van der Waals surface area contributed by atoms with Crippen LogP contribution in [0.5, 0.6) is 0 Å². The lowest BCUT2D eigenvalue weighted by Gasteiger charge is -2.07. The summed E-state index contributed by atoms with van der Waals surface area (Å²) < 4.78 is 5.79. The van der Waals surface area contributed by atoms with E-state index in [4.69, 9.17) is 4.42 Å². The van der Waals surface area contributed by atoms with E-state index in [0.717, 1.165) is 11.3 Å². The van der Waals surface area contributed by atoms with Crippen LogP contribution in [0.4, 0.5) is 11.4 Å². The molecule has 0 saturated heterocycles. The molecule has 2 heterocycles. The first kappa shape index (κ1) is 19.0. The Morgan fingerprint density at radius 2 is 1.76 bits per heavy atom. The number of furan rings is 1. The first-order valence-corrected chi connectivity index (χ1v) is 10.3. The van der Waals surface area contributed by atoms with Crippen molar-refractivity contribution in [3.63, 3.8) is 0 Å². The molecule has 0 fully saturated rings. The van der Waals surface area contributed by atoms with Crippen LogP contribution >= 0.6 is 11.3 Å². The molecule has 6 heteroatoms. The SMILES string of the molecule is CCc1ccc(NC(=O)c2oc3ccccc3c2NC(=O)Cc2cccs2)cc1. The van der Waals surface area contributed by atoms with Crippen LogP contribution in [0.1, 0.15) is 27.9 Å². The van der Waals surface area contributed by atoms with Crippen LogP contribution in [0.15, 0.2) is 70.5 Å². The number of benzene rings is 2. The smallest absolute Gasteiger partial charge is 0.293 e. The molecule has 0 unspecified atom stereocenters. The second-order valence-electron chi connectivity index (χ2n) is 6.61. The van der Waals surface area contributed by atoms with Crippen LogP contribution in [-0.2, 0) is 17.6 Å². The summed E-state index contributed by atoms with van der Waals surface area (Å²) in [6.45, 7) is 2.08. The van der Waals surface area contributed by atoms with E-state index in [2.05, 4.69) is 17.6 Å². The van der Waals surface area contributed by atoms with Crippen molar-refractivity contribution in [2.75, 3.05) is 10.6 Å². The van der Waals surface area contributed by atoms with Gasteiger partial charge in [0.1, 0.15) is 11.3 Å². The maximum atomic E-state index is 12.9. The Kier molecular flexibility index (Phi) is 5.44. The molecule has 2 aromatic carbocycles. The van der Waals surface area contributed by atoms with Crippen molar-refractivity contribution >= 4 is 45.5 Å². The molecule has 146 valence electrons. The van der Waals surface area contributed by atoms with Crippen LogP contribution in [-0.4, -0.2) is 11.8 Å². The number of nitrogens with one attached hydrogen (secondary N) is 2. The number of hydrogen-bond acceptors (Lipinski definition) is 4. The monoisotopic (exact) mass is 404 g/mol. The van der Waals surface area contributed by atoms with Crippen molar-refractivity contribution in [2.24, 2.45) is 0 Å². The summed E-state index contributed by atoms with van der Waals surface area (Å²) in [5.41, 5.74) is 2.80. The maximum Gasteiger partial charge on any atom is 0.293 e. The van der Waals surface area contributed by atoms with E-state index in [-0.39, 0.29) is 18.1 Å². The zero-order valence-electron chi connectivity index (χ0n) is 15.9. The lowest BCUT2D eigenvalue weighted by molar-refractivity contribution is -0.115. The Hall–Kier alpha value is -3.38. The van der Waals surface area contributed by atoms with Crippen molar-refractivity contribution in [3.8, 4) is 0 Å². The molecule has 0 spiro atoms. The summed E-state index contributed by atoms with van der Waals surface area (Å²) in [6.07, 6.45) is 1.18. The molecule has 2 N–H and O–H groups in total. The third-order valence-corrected chi connectivity index (χ3v) is 5.48. The van der Waals surface area contributed by atoms with Gasteiger partial charge in [0, 0.05) is 16.0 Å². The predicted molar refractivity (Wildman–Crippen MR) is 117 cm³/mol. The zero-order chi connectivity index (χ0) is 20.2. The molecule has 4 rings (SSSR count). The topological polar surface area (TPSA) is 71.3 Å². The van der Waals surface area contributed by atoms with Gasteiger partial charge < -0.3 is 15.1 Å². The molecule has 0 aliphatic heterocycles. The van der Waals surface area contributed by atoms with Gasteiger partial charge >= 0.3 is 0 Å². The van der Waals surface area contributed by atoms with E-state index >= 15 is 0 Å². The summed E-state index contributed by atoms with van der Waals surface area (Å²) in [4.78, 5) is 26.4. The largest absolute Gasteiger partial charge is 0.449 e. The van der Waals surface area contributed by atoms with Crippen LogP contribution in [0.25, 0.3) is 11.0 Å². The maximum absolute atomic E-state index is 12.9. The Bertz CT molecular complexity index is 1140. The number of para-hydroxylation sites is 1. The molecule has 4 aromatic rings. The van der Waals surface area contributed by atoms with Gasteiger partial charge in [0.25, 0.3) is 5.91 Å². The van der Waals surface area contributed by atoms with E-state index in [1.807, 2.05) is 60.0 Å². The highest BCUT2D eigenvalue weighted by atomic mass is 32.1. The van der Waals surface area contributed by atoms with Gasteiger partial charge in [-0.1, -0.05) is 37.3 Å². The van der Waals surface area contributed by atoms with E-state index in [9.17, 15) is 9.59 Å². The lowest BCUT2D eigenvalue weighted by atomic mass is 10.1.